The first-order chi connectivity index (χ1) is 14.3. The number of aryl methyl sites for hydroxylation is 1. The largest absolute Gasteiger partial charge is 0.492 e. The molecule has 3 rings (SSSR count). The van der Waals surface area contributed by atoms with Crippen LogP contribution in [0.1, 0.15) is 21.7 Å². The molecule has 9 heteroatoms. The topological polar surface area (TPSA) is 65.0 Å². The van der Waals surface area contributed by atoms with Crippen LogP contribution in [0.2, 0.25) is 0 Å². The molecule has 0 amide bonds. The molecule has 0 radical (unpaired) electrons. The highest BCUT2D eigenvalue weighted by molar-refractivity contribution is 7.91. The molecule has 2 aromatic rings. The summed E-state index contributed by atoms with van der Waals surface area (Å²) in [4.78, 5) is 0. The number of hydrogen-bond donors (Lipinski definition) is 3. The summed E-state index contributed by atoms with van der Waals surface area (Å²) in [6.07, 6.45) is 0.211. The van der Waals surface area contributed by atoms with Gasteiger partial charge in [0.25, 0.3) is 0 Å². The Labute approximate surface area is 165 Å². The maximum atomic E-state index is 15.2. The zero-order chi connectivity index (χ0) is 23.0. The maximum Gasteiger partial charge on any atom is 0.492 e. The summed E-state index contributed by atoms with van der Waals surface area (Å²) in [5.41, 5.74) is -4.39. The Bertz CT molecular complexity index is 1060. The van der Waals surface area contributed by atoms with Crippen LogP contribution in [0.4, 0.5) is 17.6 Å². The van der Waals surface area contributed by atoms with Gasteiger partial charge in [-0.15, -0.1) is 0 Å². The fraction of sp³-hybridized carbons (Fsp3) is 0.368. The third-order valence-corrected chi connectivity index (χ3v) is 5.97. The van der Waals surface area contributed by atoms with E-state index in [9.17, 15) is 17.4 Å². The smallest absolute Gasteiger partial charge is 0.312 e. The van der Waals surface area contributed by atoms with Gasteiger partial charge in [-0.2, -0.15) is 13.2 Å². The van der Waals surface area contributed by atoms with Gasteiger partial charge < -0.3 is 5.32 Å². The number of hydrogen-bond acceptors (Lipinski definition) is 3. The number of alkyl halides is 3. The summed E-state index contributed by atoms with van der Waals surface area (Å²) in [6.45, 7) is -2.02. The van der Waals surface area contributed by atoms with Gasteiger partial charge in [0.2, 0.25) is 9.92 Å². The number of halogens is 4. The molecule has 1 saturated heterocycles. The summed E-state index contributed by atoms with van der Waals surface area (Å²) < 4.78 is 96.9. The first-order valence-electron chi connectivity index (χ1n) is 10.0. The number of nitrogens with one attached hydrogen (secondary N) is 3. The molecular formula is C19H21F4N3OS. The Morgan fingerprint density at radius 2 is 2.07 bits per heavy atom. The minimum atomic E-state index is -5.21. The quantitative estimate of drug-likeness (QED) is 0.639. The second-order valence-corrected chi connectivity index (χ2v) is 8.45. The summed E-state index contributed by atoms with van der Waals surface area (Å²) in [7, 11) is -5.02. The lowest BCUT2D eigenvalue weighted by Crippen LogP contribution is -2.48. The molecule has 3 atom stereocenters. The highest BCUT2D eigenvalue weighted by Gasteiger charge is 2.44. The Morgan fingerprint density at radius 1 is 1.32 bits per heavy atom. The van der Waals surface area contributed by atoms with Crippen molar-refractivity contribution in [3.8, 4) is 11.1 Å². The first kappa shape index (κ1) is 16.9. The first-order valence-corrected chi connectivity index (χ1v) is 10.1. The molecule has 0 saturated carbocycles. The zero-order valence-electron chi connectivity index (χ0n) is 17.6. The third-order valence-electron chi connectivity index (χ3n) is 4.68. The van der Waals surface area contributed by atoms with Gasteiger partial charge >= 0.3 is 5.51 Å². The maximum absolute atomic E-state index is 15.2. The predicted molar refractivity (Wildman–Crippen MR) is 101 cm³/mol. The van der Waals surface area contributed by atoms with Crippen LogP contribution < -0.4 is 10.0 Å². The summed E-state index contributed by atoms with van der Waals surface area (Å²) >= 11 is 0. The standard InChI is InChI=1S/C19H21F4N3OS/c1-12-4-2-5-13(10-12)15-7-3-6-14(18(15)20)11-17-16(8-9-25-17)26-28(24,27)19(21,22)23/h2-7,10,16-17,25H,8-9,11H2,1H3,(H2,24,26,27)/t16-,17-,28?/m0/s1/i1D3. The van der Waals surface area contributed by atoms with Gasteiger partial charge in [0.15, 0.2) is 0 Å². The van der Waals surface area contributed by atoms with Crippen LogP contribution in [-0.4, -0.2) is 28.3 Å². The van der Waals surface area contributed by atoms with E-state index in [0.717, 1.165) is 0 Å². The SMILES string of the molecule is [2H]C([2H])([2H])c1cccc(-c2cccc(C[C@@H]3NCC[C@@H]3NS(=N)(=O)C(F)(F)F)c2F)c1. The minimum absolute atomic E-state index is 0.00365. The molecule has 1 fully saturated rings. The van der Waals surface area contributed by atoms with Crippen LogP contribution in [0.25, 0.3) is 11.1 Å². The van der Waals surface area contributed by atoms with Gasteiger partial charge in [0, 0.05) is 21.8 Å². The summed E-state index contributed by atoms with van der Waals surface area (Å²) in [6, 6.07) is 8.89. The molecule has 28 heavy (non-hydrogen) atoms. The van der Waals surface area contributed by atoms with Crippen molar-refractivity contribution >= 4 is 9.92 Å². The molecule has 0 aromatic heterocycles. The predicted octanol–water partition coefficient (Wildman–Crippen LogP) is 4.15. The van der Waals surface area contributed by atoms with Crippen molar-refractivity contribution in [2.24, 2.45) is 0 Å². The lowest BCUT2D eigenvalue weighted by Gasteiger charge is -2.23. The van der Waals surface area contributed by atoms with Crippen LogP contribution in [0.3, 0.4) is 0 Å². The zero-order valence-corrected chi connectivity index (χ0v) is 15.5. The number of rotatable bonds is 5. The van der Waals surface area contributed by atoms with Gasteiger partial charge in [-0.25, -0.2) is 18.1 Å². The molecule has 0 bridgehead atoms. The van der Waals surface area contributed by atoms with Crippen LogP contribution >= 0.6 is 0 Å². The third kappa shape index (κ3) is 4.37. The van der Waals surface area contributed by atoms with Crippen LogP contribution in [0.5, 0.6) is 0 Å². The molecule has 0 aliphatic carbocycles. The minimum Gasteiger partial charge on any atom is -0.312 e. The van der Waals surface area contributed by atoms with Crippen LogP contribution in [0, 0.1) is 17.4 Å². The fourth-order valence-electron chi connectivity index (χ4n) is 3.29. The van der Waals surface area contributed by atoms with Crippen molar-refractivity contribution < 1.29 is 25.9 Å². The Hall–Kier alpha value is -1.97. The van der Waals surface area contributed by atoms with Crippen molar-refractivity contribution in [3.63, 3.8) is 0 Å². The normalized spacial score (nSPS) is 24.2. The van der Waals surface area contributed by atoms with E-state index in [1.807, 2.05) is 4.72 Å². The van der Waals surface area contributed by atoms with Gasteiger partial charge in [-0.05, 0) is 37.4 Å². The lowest BCUT2D eigenvalue weighted by molar-refractivity contribution is -0.0420. The molecule has 3 N–H and O–H groups in total. The average molecular weight is 418 g/mol. The van der Waals surface area contributed by atoms with Gasteiger partial charge in [0.1, 0.15) is 5.82 Å². The van der Waals surface area contributed by atoms with E-state index in [4.69, 9.17) is 8.89 Å². The molecule has 1 aliphatic rings. The molecule has 152 valence electrons. The lowest BCUT2D eigenvalue weighted by atomic mass is 9.96. The monoisotopic (exact) mass is 418 g/mol. The van der Waals surface area contributed by atoms with Gasteiger partial charge in [-0.3, -0.25) is 0 Å². The highest BCUT2D eigenvalue weighted by Crippen LogP contribution is 2.28. The Kier molecular flexibility index (Phi) is 4.72. The summed E-state index contributed by atoms with van der Waals surface area (Å²) in [5.74, 6) is -0.611. The van der Waals surface area contributed by atoms with Crippen LogP contribution in [-0.2, 0) is 16.3 Å². The van der Waals surface area contributed by atoms with Crippen molar-refractivity contribution in [3.05, 3.63) is 59.4 Å². The van der Waals surface area contributed by atoms with Crippen LogP contribution in [0.15, 0.2) is 42.5 Å². The Balaban J connectivity index is 1.86. The molecule has 1 heterocycles. The van der Waals surface area contributed by atoms with Crippen molar-refractivity contribution in [1.82, 2.24) is 10.0 Å². The van der Waals surface area contributed by atoms with E-state index in [1.165, 1.54) is 30.3 Å². The van der Waals surface area contributed by atoms with Gasteiger partial charge in [0.05, 0.1) is 0 Å². The Morgan fingerprint density at radius 3 is 2.79 bits per heavy atom. The van der Waals surface area contributed by atoms with Crippen molar-refractivity contribution in [1.29, 1.82) is 4.78 Å². The molecule has 1 unspecified atom stereocenters. The van der Waals surface area contributed by atoms with E-state index < -0.39 is 40.2 Å². The number of benzene rings is 2. The molecule has 4 nitrogen and oxygen atoms in total. The summed E-state index contributed by atoms with van der Waals surface area (Å²) in [5, 5.41) is 2.96. The molecule has 0 spiro atoms. The molecule has 2 aromatic carbocycles. The second kappa shape index (κ2) is 7.81. The average Bonchev–Trinajstić information content (AvgIpc) is 3.08. The van der Waals surface area contributed by atoms with Crippen molar-refractivity contribution in [2.75, 3.05) is 6.54 Å². The van der Waals surface area contributed by atoms with E-state index in [-0.39, 0.29) is 29.5 Å². The molecule has 1 aliphatic heterocycles. The molecular weight excluding hydrogens is 394 g/mol. The van der Waals surface area contributed by atoms with E-state index in [1.54, 1.807) is 12.1 Å². The van der Waals surface area contributed by atoms with Gasteiger partial charge in [-0.1, -0.05) is 48.0 Å². The second-order valence-electron chi connectivity index (χ2n) is 6.64. The van der Waals surface area contributed by atoms with E-state index in [0.29, 0.717) is 12.1 Å². The highest BCUT2D eigenvalue weighted by atomic mass is 32.2. The van der Waals surface area contributed by atoms with Crippen molar-refractivity contribution in [2.45, 2.75) is 37.3 Å². The van der Waals surface area contributed by atoms with E-state index >= 15 is 4.39 Å². The fourth-order valence-corrected chi connectivity index (χ4v) is 4.13. The van der Waals surface area contributed by atoms with E-state index in [2.05, 4.69) is 5.32 Å².